The fourth-order valence-corrected chi connectivity index (χ4v) is 3.79. The highest BCUT2D eigenvalue weighted by atomic mass is 79.9. The molecule has 0 unspecified atom stereocenters. The predicted octanol–water partition coefficient (Wildman–Crippen LogP) is 6.56. The molecule has 0 bridgehead atoms. The van der Waals surface area contributed by atoms with Crippen LogP contribution in [0.4, 0.5) is 5.69 Å². The maximum Gasteiger partial charge on any atom is 0.262 e. The highest BCUT2D eigenvalue weighted by Crippen LogP contribution is 2.26. The van der Waals surface area contributed by atoms with Crippen molar-refractivity contribution in [1.82, 2.24) is 0 Å². The van der Waals surface area contributed by atoms with Crippen molar-refractivity contribution in [3.8, 4) is 5.75 Å². The number of anilines is 1. The Morgan fingerprint density at radius 1 is 0.938 bits per heavy atom. The van der Waals surface area contributed by atoms with Gasteiger partial charge in [0, 0.05) is 16.8 Å². The fraction of sp³-hybridized carbons (Fsp3) is 0.259. The minimum absolute atomic E-state index is 0.0292. The van der Waals surface area contributed by atoms with Crippen LogP contribution in [0.1, 0.15) is 54.7 Å². The van der Waals surface area contributed by atoms with E-state index in [0.29, 0.717) is 22.6 Å². The summed E-state index contributed by atoms with van der Waals surface area (Å²) in [6.45, 7) is 8.36. The summed E-state index contributed by atoms with van der Waals surface area (Å²) in [7, 11) is 0. The van der Waals surface area contributed by atoms with E-state index in [2.05, 4.69) is 48.9 Å². The Bertz CT molecular complexity index is 1110. The lowest BCUT2D eigenvalue weighted by atomic mass is 9.86. The molecule has 3 rings (SSSR count). The molecule has 0 aliphatic heterocycles. The first-order valence-electron chi connectivity index (χ1n) is 10.6. The van der Waals surface area contributed by atoms with Gasteiger partial charge in [0.15, 0.2) is 12.4 Å². The van der Waals surface area contributed by atoms with Gasteiger partial charge in [-0.05, 0) is 63.2 Å². The van der Waals surface area contributed by atoms with Gasteiger partial charge in [0.1, 0.15) is 5.75 Å². The number of aryl methyl sites for hydroxylation is 1. The van der Waals surface area contributed by atoms with Crippen molar-refractivity contribution >= 4 is 33.3 Å². The van der Waals surface area contributed by atoms with E-state index in [0.717, 1.165) is 10.9 Å². The fourth-order valence-electron chi connectivity index (χ4n) is 3.25. The summed E-state index contributed by atoms with van der Waals surface area (Å²) >= 11 is 3.47. The number of benzene rings is 3. The Hall–Kier alpha value is -2.92. The number of hydrogen-bond donors (Lipinski definition) is 1. The second-order valence-corrected chi connectivity index (χ2v) is 9.55. The van der Waals surface area contributed by atoms with Crippen LogP contribution in [-0.4, -0.2) is 18.3 Å². The molecule has 0 atom stereocenters. The van der Waals surface area contributed by atoms with Gasteiger partial charge in [-0.1, -0.05) is 70.2 Å². The lowest BCUT2D eigenvalue weighted by Gasteiger charge is -2.19. The van der Waals surface area contributed by atoms with E-state index in [9.17, 15) is 9.59 Å². The third kappa shape index (κ3) is 6.07. The molecule has 0 aliphatic rings. The van der Waals surface area contributed by atoms with E-state index >= 15 is 0 Å². The van der Waals surface area contributed by atoms with Crippen molar-refractivity contribution < 1.29 is 14.3 Å². The lowest BCUT2D eigenvalue weighted by Crippen LogP contribution is -2.20. The number of halogens is 1. The van der Waals surface area contributed by atoms with Gasteiger partial charge in [0.2, 0.25) is 0 Å². The SMILES string of the molecule is CCc1ccc(OCC(=O)Nc2cccc(C(=O)c3ccc(C(C)(C)C)cc3)c2)c(Br)c1. The first-order valence-corrected chi connectivity index (χ1v) is 11.4. The molecule has 166 valence electrons. The van der Waals surface area contributed by atoms with Crippen LogP contribution in [-0.2, 0) is 16.6 Å². The molecule has 5 heteroatoms. The number of rotatable bonds is 7. The van der Waals surface area contributed by atoms with Gasteiger partial charge >= 0.3 is 0 Å². The average molecular weight is 494 g/mol. The zero-order chi connectivity index (χ0) is 23.3. The first kappa shape index (κ1) is 23.7. The number of hydrogen-bond acceptors (Lipinski definition) is 3. The zero-order valence-electron chi connectivity index (χ0n) is 18.9. The molecule has 0 spiro atoms. The van der Waals surface area contributed by atoms with E-state index in [1.165, 1.54) is 11.1 Å². The van der Waals surface area contributed by atoms with Crippen LogP contribution in [0.2, 0.25) is 0 Å². The normalized spacial score (nSPS) is 11.2. The van der Waals surface area contributed by atoms with Crippen molar-refractivity contribution in [2.24, 2.45) is 0 Å². The van der Waals surface area contributed by atoms with Crippen molar-refractivity contribution in [3.05, 3.63) is 93.5 Å². The monoisotopic (exact) mass is 493 g/mol. The van der Waals surface area contributed by atoms with Gasteiger partial charge < -0.3 is 10.1 Å². The Kier molecular flexibility index (Phi) is 7.52. The second kappa shape index (κ2) is 10.1. The Balaban J connectivity index is 1.64. The van der Waals surface area contributed by atoms with Gasteiger partial charge in [-0.15, -0.1) is 0 Å². The van der Waals surface area contributed by atoms with E-state index in [1.807, 2.05) is 42.5 Å². The minimum atomic E-state index is -0.296. The smallest absolute Gasteiger partial charge is 0.262 e. The van der Waals surface area contributed by atoms with E-state index < -0.39 is 0 Å². The average Bonchev–Trinajstić information content (AvgIpc) is 2.77. The summed E-state index contributed by atoms with van der Waals surface area (Å²) in [5.74, 6) is 0.230. The summed E-state index contributed by atoms with van der Waals surface area (Å²) in [6, 6.07) is 20.4. The van der Waals surface area contributed by atoms with Crippen molar-refractivity contribution in [3.63, 3.8) is 0 Å². The Labute approximate surface area is 198 Å². The maximum absolute atomic E-state index is 12.9. The number of carbonyl (C=O) groups excluding carboxylic acids is 2. The van der Waals surface area contributed by atoms with Gasteiger partial charge in [0.25, 0.3) is 5.91 Å². The zero-order valence-corrected chi connectivity index (χ0v) is 20.5. The summed E-state index contributed by atoms with van der Waals surface area (Å²) in [6.07, 6.45) is 0.926. The molecule has 3 aromatic carbocycles. The molecule has 0 aromatic heterocycles. The predicted molar refractivity (Wildman–Crippen MR) is 133 cm³/mol. The number of amides is 1. The van der Waals surface area contributed by atoms with Crippen LogP contribution < -0.4 is 10.1 Å². The van der Waals surface area contributed by atoms with Crippen molar-refractivity contribution in [2.45, 2.75) is 39.5 Å². The molecular formula is C27H28BrNO3. The highest BCUT2D eigenvalue weighted by Gasteiger charge is 2.15. The van der Waals surface area contributed by atoms with Crippen LogP contribution in [0.5, 0.6) is 5.75 Å². The number of ether oxygens (including phenoxy) is 1. The third-order valence-electron chi connectivity index (χ3n) is 5.18. The molecule has 0 fully saturated rings. The standard InChI is InChI=1S/C27H28BrNO3/c1-5-18-9-14-24(23(28)15-18)32-17-25(30)29-22-8-6-7-20(16-22)26(31)19-10-12-21(13-11-19)27(2,3)4/h6-16H,5,17H2,1-4H3,(H,29,30). The number of nitrogens with one attached hydrogen (secondary N) is 1. The molecule has 3 aromatic rings. The molecule has 0 aliphatic carbocycles. The number of ketones is 1. The molecule has 0 heterocycles. The second-order valence-electron chi connectivity index (χ2n) is 8.69. The summed E-state index contributed by atoms with van der Waals surface area (Å²) < 4.78 is 6.44. The largest absolute Gasteiger partial charge is 0.483 e. The van der Waals surface area contributed by atoms with Gasteiger partial charge in [-0.3, -0.25) is 9.59 Å². The molecular weight excluding hydrogens is 466 g/mol. The summed E-state index contributed by atoms with van der Waals surface area (Å²) in [5.41, 5.74) is 4.07. The van der Waals surface area contributed by atoms with Crippen LogP contribution in [0.15, 0.2) is 71.2 Å². The van der Waals surface area contributed by atoms with Gasteiger partial charge in [-0.2, -0.15) is 0 Å². The minimum Gasteiger partial charge on any atom is -0.483 e. The first-order chi connectivity index (χ1) is 15.2. The van der Waals surface area contributed by atoms with E-state index in [4.69, 9.17) is 4.74 Å². The van der Waals surface area contributed by atoms with Gasteiger partial charge in [-0.25, -0.2) is 0 Å². The quantitative estimate of drug-likeness (QED) is 0.379. The Morgan fingerprint density at radius 2 is 1.66 bits per heavy atom. The van der Waals surface area contributed by atoms with Crippen LogP contribution in [0.3, 0.4) is 0 Å². The topological polar surface area (TPSA) is 55.4 Å². The summed E-state index contributed by atoms with van der Waals surface area (Å²) in [5, 5.41) is 2.80. The van der Waals surface area contributed by atoms with Crippen LogP contribution in [0.25, 0.3) is 0 Å². The molecule has 1 amide bonds. The van der Waals surface area contributed by atoms with E-state index in [1.54, 1.807) is 24.3 Å². The molecule has 4 nitrogen and oxygen atoms in total. The van der Waals surface area contributed by atoms with E-state index in [-0.39, 0.29) is 23.7 Å². The molecule has 0 saturated carbocycles. The molecule has 0 radical (unpaired) electrons. The molecule has 1 N–H and O–H groups in total. The lowest BCUT2D eigenvalue weighted by molar-refractivity contribution is -0.118. The van der Waals surface area contributed by atoms with Crippen LogP contribution >= 0.6 is 15.9 Å². The summed E-state index contributed by atoms with van der Waals surface area (Å²) in [4.78, 5) is 25.3. The van der Waals surface area contributed by atoms with Gasteiger partial charge in [0.05, 0.1) is 4.47 Å². The molecule has 32 heavy (non-hydrogen) atoms. The third-order valence-corrected chi connectivity index (χ3v) is 5.80. The van der Waals surface area contributed by atoms with Crippen molar-refractivity contribution in [2.75, 3.05) is 11.9 Å². The number of carbonyl (C=O) groups is 2. The maximum atomic E-state index is 12.9. The van der Waals surface area contributed by atoms with Crippen molar-refractivity contribution in [1.29, 1.82) is 0 Å². The highest BCUT2D eigenvalue weighted by molar-refractivity contribution is 9.10. The Morgan fingerprint density at radius 3 is 2.28 bits per heavy atom. The molecule has 0 saturated heterocycles. The van der Waals surface area contributed by atoms with Crippen LogP contribution in [0, 0.1) is 0 Å².